The first-order chi connectivity index (χ1) is 20.4. The van der Waals surface area contributed by atoms with E-state index in [9.17, 15) is 24.0 Å². The molecule has 2 aromatic rings. The highest BCUT2D eigenvalue weighted by Crippen LogP contribution is 2.26. The number of benzene rings is 2. The zero-order valence-electron chi connectivity index (χ0n) is 24.5. The van der Waals surface area contributed by atoms with E-state index in [4.69, 9.17) is 0 Å². The maximum Gasteiger partial charge on any atom is 0.255 e. The summed E-state index contributed by atoms with van der Waals surface area (Å²) in [5.74, 6) is -0.140. The smallest absolute Gasteiger partial charge is 0.255 e. The minimum absolute atomic E-state index is 0.151. The minimum atomic E-state index is -0.804. The van der Waals surface area contributed by atoms with Gasteiger partial charge in [0.2, 0.25) is 5.91 Å². The first-order valence-corrected chi connectivity index (χ1v) is 14.7. The Morgan fingerprint density at radius 2 is 1.55 bits per heavy atom. The number of carbonyl (C=O) groups is 5. The molecule has 0 spiro atoms. The van der Waals surface area contributed by atoms with Crippen molar-refractivity contribution < 1.29 is 24.0 Å². The second-order valence-electron chi connectivity index (χ2n) is 11.1. The molecule has 224 valence electrons. The highest BCUT2D eigenvalue weighted by atomic mass is 16.2. The van der Waals surface area contributed by atoms with Gasteiger partial charge in [-0.25, -0.2) is 0 Å². The number of rotatable bonds is 12. The highest BCUT2D eigenvalue weighted by Gasteiger charge is 2.29. The van der Waals surface area contributed by atoms with Crippen molar-refractivity contribution in [2.24, 2.45) is 5.92 Å². The van der Waals surface area contributed by atoms with Gasteiger partial charge in [0.25, 0.3) is 5.91 Å². The Bertz CT molecular complexity index is 1250. The maximum absolute atomic E-state index is 13.3. The van der Waals surface area contributed by atoms with E-state index in [0.717, 1.165) is 76.9 Å². The average Bonchev–Trinajstić information content (AvgIpc) is 3.04. The van der Waals surface area contributed by atoms with Crippen LogP contribution in [-0.2, 0) is 9.59 Å². The summed E-state index contributed by atoms with van der Waals surface area (Å²) in [6, 6.07) is 12.3. The number of hydrogen-bond donors (Lipinski definition) is 1. The third-order valence-electron chi connectivity index (χ3n) is 8.55. The molecule has 1 atom stereocenters. The molecule has 2 aliphatic rings. The molecule has 10 heteroatoms. The van der Waals surface area contributed by atoms with Gasteiger partial charge in [-0.05, 0) is 67.6 Å². The highest BCUT2D eigenvalue weighted by molar-refractivity contribution is 6.03. The molecule has 2 aliphatic heterocycles. The molecule has 2 fully saturated rings. The Morgan fingerprint density at radius 3 is 2.14 bits per heavy atom. The first kappa shape index (κ1) is 30.9. The first-order valence-electron chi connectivity index (χ1n) is 14.7. The van der Waals surface area contributed by atoms with Gasteiger partial charge in [-0.1, -0.05) is 0 Å². The van der Waals surface area contributed by atoms with Crippen molar-refractivity contribution in [3.8, 4) is 0 Å². The van der Waals surface area contributed by atoms with Crippen molar-refractivity contribution in [2.75, 3.05) is 69.7 Å². The van der Waals surface area contributed by atoms with Gasteiger partial charge in [0.05, 0.1) is 5.56 Å². The lowest BCUT2D eigenvalue weighted by molar-refractivity contribution is -0.125. The number of aldehydes is 3. The Kier molecular flexibility index (Phi) is 10.8. The topological polar surface area (TPSA) is 110 Å². The van der Waals surface area contributed by atoms with Crippen LogP contribution in [0, 0.1) is 5.92 Å². The number of nitrogens with zero attached hydrogens (tertiary/aromatic N) is 4. The van der Waals surface area contributed by atoms with Crippen LogP contribution in [0.1, 0.15) is 56.8 Å². The molecule has 0 aromatic heterocycles. The van der Waals surface area contributed by atoms with Crippen LogP contribution < -0.4 is 15.1 Å². The standard InChI is InChI=1S/C32H41N5O5/c1-33-31(41)30(4-3-19-38)34(2)32(42)29-10-9-28(20-26(29)23-40)37-17-15-35(16-18-37)21-24-11-13-36(14-12-24)27-7-5-25(22-39)6-8-27/h5-10,19-20,22-24,30H,3-4,11-18,21H2,1-2H3,(H,33,41). The van der Waals surface area contributed by atoms with Gasteiger partial charge in [0.1, 0.15) is 18.6 Å². The van der Waals surface area contributed by atoms with Crippen LogP contribution in [0.4, 0.5) is 11.4 Å². The maximum atomic E-state index is 13.3. The van der Waals surface area contributed by atoms with Gasteiger partial charge in [-0.3, -0.25) is 24.1 Å². The molecule has 0 bridgehead atoms. The van der Waals surface area contributed by atoms with Gasteiger partial charge in [0.15, 0.2) is 6.29 Å². The third kappa shape index (κ3) is 7.42. The van der Waals surface area contributed by atoms with Crippen molar-refractivity contribution >= 4 is 42.0 Å². The summed E-state index contributed by atoms with van der Waals surface area (Å²) in [5.41, 5.74) is 3.29. The second kappa shape index (κ2) is 14.7. The molecule has 2 heterocycles. The zero-order valence-corrected chi connectivity index (χ0v) is 24.5. The molecule has 0 radical (unpaired) electrons. The van der Waals surface area contributed by atoms with Gasteiger partial charge in [0, 0.05) is 88.8 Å². The quantitative estimate of drug-likeness (QED) is 0.385. The molecule has 2 aromatic carbocycles. The molecule has 0 aliphatic carbocycles. The van der Waals surface area contributed by atoms with Crippen molar-refractivity contribution in [1.29, 1.82) is 0 Å². The fraction of sp³-hybridized carbons (Fsp3) is 0.469. The van der Waals surface area contributed by atoms with E-state index in [0.29, 0.717) is 17.8 Å². The fourth-order valence-electron chi connectivity index (χ4n) is 5.96. The number of carbonyl (C=O) groups excluding carboxylic acids is 5. The van der Waals surface area contributed by atoms with E-state index in [1.54, 1.807) is 12.1 Å². The van der Waals surface area contributed by atoms with Gasteiger partial charge < -0.3 is 24.8 Å². The van der Waals surface area contributed by atoms with Crippen molar-refractivity contribution in [3.05, 3.63) is 59.2 Å². The van der Waals surface area contributed by atoms with Gasteiger partial charge in [-0.15, -0.1) is 0 Å². The molecule has 1 N–H and O–H groups in total. The molecule has 0 saturated carbocycles. The van der Waals surface area contributed by atoms with Crippen molar-refractivity contribution in [3.63, 3.8) is 0 Å². The largest absolute Gasteiger partial charge is 0.372 e. The normalized spacial score (nSPS) is 16.9. The predicted octanol–water partition coefficient (Wildman–Crippen LogP) is 2.52. The van der Waals surface area contributed by atoms with Gasteiger partial charge in [-0.2, -0.15) is 0 Å². The van der Waals surface area contributed by atoms with E-state index in [1.807, 2.05) is 30.3 Å². The lowest BCUT2D eigenvalue weighted by Gasteiger charge is -2.40. The molecule has 2 saturated heterocycles. The second-order valence-corrected chi connectivity index (χ2v) is 11.1. The van der Waals surface area contributed by atoms with Gasteiger partial charge >= 0.3 is 0 Å². The summed E-state index contributed by atoms with van der Waals surface area (Å²) in [6.07, 6.45) is 4.91. The zero-order chi connectivity index (χ0) is 30.1. The van der Waals surface area contributed by atoms with Crippen LogP contribution in [0.2, 0.25) is 0 Å². The molecule has 4 rings (SSSR count). The van der Waals surface area contributed by atoms with Crippen LogP contribution in [0.3, 0.4) is 0 Å². The Hall–Kier alpha value is -4.05. The fourth-order valence-corrected chi connectivity index (χ4v) is 5.96. The number of piperidine rings is 1. The number of anilines is 2. The van der Waals surface area contributed by atoms with E-state index in [-0.39, 0.29) is 29.9 Å². The molecule has 2 amide bonds. The number of hydrogen-bond acceptors (Lipinski definition) is 8. The molecular weight excluding hydrogens is 534 g/mol. The Morgan fingerprint density at radius 1 is 0.905 bits per heavy atom. The van der Waals surface area contributed by atoms with Crippen LogP contribution in [-0.4, -0.2) is 106 Å². The van der Waals surface area contributed by atoms with Crippen molar-refractivity contribution in [1.82, 2.24) is 15.1 Å². The summed E-state index contributed by atoms with van der Waals surface area (Å²) in [7, 11) is 3.01. The molecule has 1 unspecified atom stereocenters. The van der Waals surface area contributed by atoms with Crippen LogP contribution in [0.15, 0.2) is 42.5 Å². The van der Waals surface area contributed by atoms with Crippen LogP contribution in [0.5, 0.6) is 0 Å². The number of amides is 2. The number of nitrogens with one attached hydrogen (secondary N) is 1. The van der Waals surface area contributed by atoms with E-state index in [1.165, 1.54) is 24.7 Å². The summed E-state index contributed by atoms with van der Waals surface area (Å²) in [6.45, 7) is 6.62. The van der Waals surface area contributed by atoms with Crippen LogP contribution >= 0.6 is 0 Å². The van der Waals surface area contributed by atoms with Crippen LogP contribution in [0.25, 0.3) is 0 Å². The molecule has 10 nitrogen and oxygen atoms in total. The number of piperazine rings is 1. The summed E-state index contributed by atoms with van der Waals surface area (Å²) in [5, 5.41) is 2.54. The summed E-state index contributed by atoms with van der Waals surface area (Å²) < 4.78 is 0. The Labute approximate surface area is 247 Å². The average molecular weight is 576 g/mol. The molecular formula is C32H41N5O5. The van der Waals surface area contributed by atoms with E-state index < -0.39 is 11.9 Å². The van der Waals surface area contributed by atoms with E-state index >= 15 is 0 Å². The lowest BCUT2D eigenvalue weighted by Crippen LogP contribution is -2.49. The number of likely N-dealkylation sites (N-methyl/N-ethyl adjacent to an activating group) is 2. The minimum Gasteiger partial charge on any atom is -0.372 e. The summed E-state index contributed by atoms with van der Waals surface area (Å²) in [4.78, 5) is 67.8. The monoisotopic (exact) mass is 575 g/mol. The third-order valence-corrected chi connectivity index (χ3v) is 8.55. The lowest BCUT2D eigenvalue weighted by atomic mass is 9.95. The van der Waals surface area contributed by atoms with E-state index in [2.05, 4.69) is 20.0 Å². The predicted molar refractivity (Wildman–Crippen MR) is 162 cm³/mol. The SMILES string of the molecule is CNC(=O)C(CCC=O)N(C)C(=O)c1ccc(N2CCN(CC3CCN(c4ccc(C=O)cc4)CC3)CC2)cc1C=O. The summed E-state index contributed by atoms with van der Waals surface area (Å²) >= 11 is 0. The Balaban J connectivity index is 1.30. The van der Waals surface area contributed by atoms with Crippen molar-refractivity contribution in [2.45, 2.75) is 31.7 Å². The molecule has 42 heavy (non-hydrogen) atoms.